The van der Waals surface area contributed by atoms with Crippen molar-refractivity contribution in [3.63, 3.8) is 0 Å². The van der Waals surface area contributed by atoms with Gasteiger partial charge in [0.25, 0.3) is 0 Å². The summed E-state index contributed by atoms with van der Waals surface area (Å²) in [4.78, 5) is 11.1. The van der Waals surface area contributed by atoms with Crippen LogP contribution in [0, 0.1) is 0 Å². The van der Waals surface area contributed by atoms with Crippen LogP contribution < -0.4 is 0 Å². The van der Waals surface area contributed by atoms with Gasteiger partial charge in [0.05, 0.1) is 11.4 Å². The second-order valence-corrected chi connectivity index (χ2v) is 15.2. The van der Waals surface area contributed by atoms with Crippen LogP contribution in [0.2, 0.25) is 0 Å². The lowest BCUT2D eigenvalue weighted by Gasteiger charge is -2.17. The van der Waals surface area contributed by atoms with E-state index in [0.717, 1.165) is 55.5 Å². The number of aromatic nitrogens is 2. The van der Waals surface area contributed by atoms with Crippen molar-refractivity contribution in [1.29, 1.82) is 0 Å². The van der Waals surface area contributed by atoms with E-state index in [0.29, 0.717) is 5.82 Å². The highest BCUT2D eigenvalue weighted by Gasteiger charge is 2.20. The maximum absolute atomic E-state index is 5.56. The smallest absolute Gasteiger partial charge is 0.161 e. The van der Waals surface area contributed by atoms with Gasteiger partial charge in [-0.2, -0.15) is 0 Å². The monoisotopic (exact) mass is 716 g/mol. The highest BCUT2D eigenvalue weighted by atomic mass is 32.1. The molecule has 0 N–H and O–H groups in total. The van der Waals surface area contributed by atoms with E-state index in [9.17, 15) is 0 Å². The van der Waals surface area contributed by atoms with Gasteiger partial charge in [0, 0.05) is 36.9 Å². The quantitative estimate of drug-likeness (QED) is 0.131. The first kappa shape index (κ1) is 31.6. The largest absolute Gasteiger partial charge is 0.228 e. The Bertz CT molecular complexity index is 3270. The third-order valence-electron chi connectivity index (χ3n) is 10.9. The van der Waals surface area contributed by atoms with Gasteiger partial charge in [-0.1, -0.05) is 164 Å². The molecule has 0 saturated heterocycles. The molecule has 0 fully saturated rings. The molecule has 0 aliphatic carbocycles. The van der Waals surface area contributed by atoms with Crippen LogP contribution in [0.25, 0.3) is 109 Å². The minimum absolute atomic E-state index is 0.710. The third kappa shape index (κ3) is 5.32. The summed E-state index contributed by atoms with van der Waals surface area (Å²) in [7, 11) is 0. The Hall–Kier alpha value is -6.94. The van der Waals surface area contributed by atoms with Crippen molar-refractivity contribution in [1.82, 2.24) is 9.97 Å². The first-order valence-electron chi connectivity index (χ1n) is 18.7. The summed E-state index contributed by atoms with van der Waals surface area (Å²) in [5.41, 5.74) is 9.54. The van der Waals surface area contributed by atoms with Gasteiger partial charge in [0.2, 0.25) is 0 Å². The van der Waals surface area contributed by atoms with Crippen LogP contribution in [0.4, 0.5) is 0 Å². The molecule has 0 saturated carbocycles. The van der Waals surface area contributed by atoms with E-state index >= 15 is 0 Å². The predicted molar refractivity (Wildman–Crippen MR) is 235 cm³/mol. The summed E-state index contributed by atoms with van der Waals surface area (Å²) in [5.74, 6) is 0.710. The van der Waals surface area contributed by atoms with E-state index in [1.54, 1.807) is 0 Å². The minimum Gasteiger partial charge on any atom is -0.228 e. The highest BCUT2D eigenvalue weighted by Crippen LogP contribution is 2.43. The van der Waals surface area contributed by atoms with Crippen LogP contribution in [-0.4, -0.2) is 9.97 Å². The summed E-state index contributed by atoms with van der Waals surface area (Å²) in [6, 6.07) is 69.7. The lowest BCUT2D eigenvalue weighted by Crippen LogP contribution is -1.99. The Morgan fingerprint density at radius 1 is 0.309 bits per heavy atom. The lowest BCUT2D eigenvalue weighted by molar-refractivity contribution is 1.19. The molecule has 11 aromatic rings. The van der Waals surface area contributed by atoms with Gasteiger partial charge < -0.3 is 0 Å². The van der Waals surface area contributed by atoms with Crippen molar-refractivity contribution in [2.45, 2.75) is 0 Å². The first-order chi connectivity index (χ1) is 27.3. The van der Waals surface area contributed by atoms with Crippen molar-refractivity contribution in [3.8, 4) is 56.2 Å². The molecule has 0 unspecified atom stereocenters. The number of fused-ring (bicyclic) bond motifs is 7. The van der Waals surface area contributed by atoms with Gasteiger partial charge in [-0.25, -0.2) is 9.97 Å². The SMILES string of the molecule is c1ccc(-c2ccccc2-c2cc(-c3ccccc3-c3ccc4sc5ccccc5c4c3)nc(-c3c4ccccc4cc4c3ccc3ccccc34)n2)cc1. The molecule has 9 aromatic carbocycles. The standard InChI is InChI=1S/C52H32N2S/c1-2-14-33(15-3-1)37-18-8-10-22-41(37)47-32-48(42-23-11-9-20-39(42)36-27-29-50-46(31-36)43-24-12-13-25-49(43)55-50)54-52(53-47)51-40-21-7-5-17-35(40)30-45-38-19-6-4-16-34(38)26-28-44(45)51/h1-32H. The molecule has 0 atom stereocenters. The van der Waals surface area contributed by atoms with Gasteiger partial charge in [-0.15, -0.1) is 11.3 Å². The fourth-order valence-electron chi connectivity index (χ4n) is 8.32. The van der Waals surface area contributed by atoms with Crippen molar-refractivity contribution in [2.24, 2.45) is 0 Å². The topological polar surface area (TPSA) is 25.8 Å². The molecular formula is C52H32N2S. The van der Waals surface area contributed by atoms with Crippen molar-refractivity contribution < 1.29 is 0 Å². The average Bonchev–Trinajstić information content (AvgIpc) is 3.64. The van der Waals surface area contributed by atoms with Crippen LogP contribution in [-0.2, 0) is 0 Å². The Kier molecular flexibility index (Phi) is 7.39. The average molecular weight is 717 g/mol. The molecule has 256 valence electrons. The lowest BCUT2D eigenvalue weighted by atomic mass is 9.92. The third-order valence-corrected chi connectivity index (χ3v) is 12.1. The molecule has 0 amide bonds. The minimum atomic E-state index is 0.710. The number of nitrogens with zero attached hydrogens (tertiary/aromatic N) is 2. The summed E-state index contributed by atoms with van der Waals surface area (Å²) in [6.45, 7) is 0. The Morgan fingerprint density at radius 3 is 1.65 bits per heavy atom. The zero-order valence-electron chi connectivity index (χ0n) is 29.8. The molecule has 0 bridgehead atoms. The van der Waals surface area contributed by atoms with Crippen molar-refractivity contribution in [2.75, 3.05) is 0 Å². The van der Waals surface area contributed by atoms with Crippen LogP contribution in [0.5, 0.6) is 0 Å². The number of hydrogen-bond donors (Lipinski definition) is 0. The molecule has 2 heterocycles. The van der Waals surface area contributed by atoms with Gasteiger partial charge in [0.1, 0.15) is 0 Å². The van der Waals surface area contributed by atoms with Gasteiger partial charge in [-0.3, -0.25) is 0 Å². The molecular weight excluding hydrogens is 685 g/mol. The molecule has 2 nitrogen and oxygen atoms in total. The molecule has 0 spiro atoms. The number of benzene rings is 9. The molecule has 0 aliphatic heterocycles. The maximum Gasteiger partial charge on any atom is 0.161 e. The zero-order chi connectivity index (χ0) is 36.3. The van der Waals surface area contributed by atoms with Crippen LogP contribution in [0.15, 0.2) is 194 Å². The summed E-state index contributed by atoms with van der Waals surface area (Å²) < 4.78 is 2.60. The van der Waals surface area contributed by atoms with E-state index in [4.69, 9.17) is 9.97 Å². The van der Waals surface area contributed by atoms with Crippen LogP contribution in [0.3, 0.4) is 0 Å². The fourth-order valence-corrected chi connectivity index (χ4v) is 9.41. The van der Waals surface area contributed by atoms with Crippen molar-refractivity contribution >= 4 is 63.8 Å². The first-order valence-corrected chi connectivity index (χ1v) is 19.5. The highest BCUT2D eigenvalue weighted by molar-refractivity contribution is 7.25. The number of rotatable bonds is 5. The number of thiophene rings is 1. The van der Waals surface area contributed by atoms with Gasteiger partial charge >= 0.3 is 0 Å². The van der Waals surface area contributed by atoms with E-state index in [2.05, 4.69) is 194 Å². The maximum atomic E-state index is 5.56. The Labute approximate surface area is 322 Å². The van der Waals surface area contributed by atoms with Gasteiger partial charge in [-0.05, 0) is 84.9 Å². The fraction of sp³-hybridized carbons (Fsp3) is 0. The molecule has 3 heteroatoms. The van der Waals surface area contributed by atoms with Crippen molar-refractivity contribution in [3.05, 3.63) is 194 Å². The summed E-state index contributed by atoms with van der Waals surface area (Å²) in [6.07, 6.45) is 0. The molecule has 2 aromatic heterocycles. The predicted octanol–water partition coefficient (Wildman–Crippen LogP) is 14.6. The van der Waals surface area contributed by atoms with Crippen LogP contribution in [0.1, 0.15) is 0 Å². The second kappa shape index (κ2) is 12.9. The van der Waals surface area contributed by atoms with E-state index < -0.39 is 0 Å². The number of hydrogen-bond acceptors (Lipinski definition) is 3. The van der Waals surface area contributed by atoms with Gasteiger partial charge in [0.15, 0.2) is 5.82 Å². The van der Waals surface area contributed by atoms with E-state index in [1.165, 1.54) is 47.3 Å². The van der Waals surface area contributed by atoms with E-state index in [1.807, 2.05) is 11.3 Å². The Morgan fingerprint density at radius 2 is 0.891 bits per heavy atom. The second-order valence-electron chi connectivity index (χ2n) is 14.1. The normalized spacial score (nSPS) is 11.6. The molecule has 0 aliphatic rings. The zero-order valence-corrected chi connectivity index (χ0v) is 30.6. The summed E-state index contributed by atoms with van der Waals surface area (Å²) in [5, 5.41) is 9.64. The molecule has 55 heavy (non-hydrogen) atoms. The molecule has 0 radical (unpaired) electrons. The Balaban J connectivity index is 1.21. The van der Waals surface area contributed by atoms with E-state index in [-0.39, 0.29) is 0 Å². The molecule has 11 rings (SSSR count). The van der Waals surface area contributed by atoms with Crippen LogP contribution >= 0.6 is 11.3 Å². The summed E-state index contributed by atoms with van der Waals surface area (Å²) >= 11 is 1.85.